The Morgan fingerprint density at radius 3 is 2.93 bits per heavy atom. The highest BCUT2D eigenvalue weighted by Gasteiger charge is 2.48. The van der Waals surface area contributed by atoms with E-state index >= 15 is 0 Å². The van der Waals surface area contributed by atoms with Crippen LogP contribution in [0.15, 0.2) is 54.4 Å². The van der Waals surface area contributed by atoms with Gasteiger partial charge in [0.1, 0.15) is 5.82 Å². The Morgan fingerprint density at radius 1 is 1.28 bits per heavy atom. The van der Waals surface area contributed by atoms with E-state index in [1.807, 2.05) is 6.92 Å². The van der Waals surface area contributed by atoms with Crippen molar-refractivity contribution in [2.75, 3.05) is 11.4 Å². The summed E-state index contributed by atoms with van der Waals surface area (Å²) in [5.74, 6) is -0.457. The molecule has 150 valence electrons. The van der Waals surface area contributed by atoms with Crippen LogP contribution < -0.4 is 10.2 Å². The normalized spacial score (nSPS) is 23.0. The summed E-state index contributed by atoms with van der Waals surface area (Å²) in [7, 11) is 0. The van der Waals surface area contributed by atoms with Crippen LogP contribution in [0.25, 0.3) is 0 Å². The first kappa shape index (κ1) is 19.3. The zero-order valence-electron chi connectivity index (χ0n) is 16.5. The lowest BCUT2D eigenvalue weighted by Gasteiger charge is -2.33. The number of carbonyl (C=O) groups excluding carboxylic acids is 2. The third-order valence-corrected chi connectivity index (χ3v) is 5.92. The van der Waals surface area contributed by atoms with Crippen LogP contribution in [-0.2, 0) is 4.79 Å². The number of aryl methyl sites for hydroxylation is 1. The number of nitrogens with zero attached hydrogens (tertiary/aromatic N) is 2. The molecule has 1 aromatic heterocycles. The van der Waals surface area contributed by atoms with Gasteiger partial charge in [-0.25, -0.2) is 4.39 Å². The van der Waals surface area contributed by atoms with E-state index in [2.05, 4.69) is 10.3 Å². The van der Waals surface area contributed by atoms with Crippen LogP contribution in [0.1, 0.15) is 48.2 Å². The quantitative estimate of drug-likeness (QED) is 0.853. The van der Waals surface area contributed by atoms with E-state index in [4.69, 9.17) is 0 Å². The molecule has 5 nitrogen and oxygen atoms in total. The van der Waals surface area contributed by atoms with E-state index in [1.54, 1.807) is 41.6 Å². The summed E-state index contributed by atoms with van der Waals surface area (Å²) in [6.45, 7) is 2.44. The lowest BCUT2D eigenvalue weighted by atomic mass is 9.71. The average molecular weight is 393 g/mol. The largest absolute Gasteiger partial charge is 0.329 e. The number of rotatable bonds is 3. The van der Waals surface area contributed by atoms with Gasteiger partial charge in [0.2, 0.25) is 5.91 Å². The SMILES string of the molecule is Cc1cc(C(=O)N/C=C2\CCCC3(CCN(c4cccc(F)c4)C3=O)C2)ccn1. The molecule has 0 bridgehead atoms. The zero-order chi connectivity index (χ0) is 20.4. The monoisotopic (exact) mass is 393 g/mol. The van der Waals surface area contributed by atoms with Gasteiger partial charge in [0, 0.05) is 35.9 Å². The van der Waals surface area contributed by atoms with Gasteiger partial charge < -0.3 is 10.2 Å². The maximum Gasteiger partial charge on any atom is 0.255 e. The second-order valence-corrected chi connectivity index (χ2v) is 7.96. The lowest BCUT2D eigenvalue weighted by molar-refractivity contribution is -0.126. The first-order chi connectivity index (χ1) is 14.0. The second-order valence-electron chi connectivity index (χ2n) is 7.96. The van der Waals surface area contributed by atoms with Crippen molar-refractivity contribution in [2.45, 2.75) is 39.0 Å². The van der Waals surface area contributed by atoms with Crippen molar-refractivity contribution in [2.24, 2.45) is 5.41 Å². The fraction of sp³-hybridized carbons (Fsp3) is 0.348. The number of allylic oxidation sites excluding steroid dienone is 1. The first-order valence-corrected chi connectivity index (χ1v) is 9.96. The fourth-order valence-electron chi connectivity index (χ4n) is 4.43. The Morgan fingerprint density at radius 2 is 2.14 bits per heavy atom. The van der Waals surface area contributed by atoms with Crippen molar-refractivity contribution in [1.82, 2.24) is 10.3 Å². The van der Waals surface area contributed by atoms with Crippen molar-refractivity contribution < 1.29 is 14.0 Å². The Hall–Kier alpha value is -3.02. The molecule has 1 saturated carbocycles. The predicted molar refractivity (Wildman–Crippen MR) is 109 cm³/mol. The summed E-state index contributed by atoms with van der Waals surface area (Å²) in [6.07, 6.45) is 7.35. The summed E-state index contributed by atoms with van der Waals surface area (Å²) >= 11 is 0. The minimum Gasteiger partial charge on any atom is -0.329 e. The van der Waals surface area contributed by atoms with Crippen LogP contribution in [0.4, 0.5) is 10.1 Å². The van der Waals surface area contributed by atoms with Gasteiger partial charge in [-0.05, 0) is 69.4 Å². The number of benzene rings is 1. The Balaban J connectivity index is 1.47. The molecule has 4 rings (SSSR count). The number of anilines is 1. The van der Waals surface area contributed by atoms with Gasteiger partial charge in [-0.2, -0.15) is 0 Å². The number of halogens is 1. The van der Waals surface area contributed by atoms with Crippen molar-refractivity contribution in [3.63, 3.8) is 0 Å². The number of hydrogen-bond acceptors (Lipinski definition) is 3. The molecular weight excluding hydrogens is 369 g/mol. The molecule has 2 aliphatic rings. The first-order valence-electron chi connectivity index (χ1n) is 9.96. The molecule has 2 fully saturated rings. The third-order valence-electron chi connectivity index (χ3n) is 5.92. The van der Waals surface area contributed by atoms with Gasteiger partial charge in [0.25, 0.3) is 5.91 Å². The van der Waals surface area contributed by atoms with Gasteiger partial charge in [0.15, 0.2) is 0 Å². The van der Waals surface area contributed by atoms with Crippen LogP contribution >= 0.6 is 0 Å². The maximum absolute atomic E-state index is 13.6. The van der Waals surface area contributed by atoms with Gasteiger partial charge in [-0.15, -0.1) is 0 Å². The molecule has 29 heavy (non-hydrogen) atoms. The van der Waals surface area contributed by atoms with Gasteiger partial charge in [0.05, 0.1) is 5.41 Å². The van der Waals surface area contributed by atoms with E-state index in [0.717, 1.165) is 37.0 Å². The highest BCUT2D eigenvalue weighted by atomic mass is 19.1. The van der Waals surface area contributed by atoms with E-state index in [1.165, 1.54) is 12.1 Å². The van der Waals surface area contributed by atoms with Crippen LogP contribution in [0.2, 0.25) is 0 Å². The number of nitrogens with one attached hydrogen (secondary N) is 1. The molecule has 1 spiro atoms. The number of pyridine rings is 1. The fourth-order valence-corrected chi connectivity index (χ4v) is 4.43. The Labute approximate surface area is 169 Å². The predicted octanol–water partition coefficient (Wildman–Crippen LogP) is 4.14. The van der Waals surface area contributed by atoms with Gasteiger partial charge in [-0.3, -0.25) is 14.6 Å². The van der Waals surface area contributed by atoms with Crippen LogP contribution in [0, 0.1) is 18.2 Å². The molecular formula is C23H24FN3O2. The van der Waals surface area contributed by atoms with Crippen molar-refractivity contribution in [3.8, 4) is 0 Å². The third kappa shape index (κ3) is 3.92. The molecule has 6 heteroatoms. The molecule has 1 aromatic carbocycles. The Bertz CT molecular complexity index is 988. The van der Waals surface area contributed by atoms with Gasteiger partial charge >= 0.3 is 0 Å². The molecule has 0 radical (unpaired) electrons. The highest BCUT2D eigenvalue weighted by molar-refractivity contribution is 6.00. The number of hydrogen-bond donors (Lipinski definition) is 1. The maximum atomic E-state index is 13.6. The summed E-state index contributed by atoms with van der Waals surface area (Å²) in [5, 5.41) is 2.86. The van der Waals surface area contributed by atoms with E-state index in [9.17, 15) is 14.0 Å². The van der Waals surface area contributed by atoms with Crippen molar-refractivity contribution >= 4 is 17.5 Å². The average Bonchev–Trinajstić information content (AvgIpc) is 3.02. The molecule has 1 atom stereocenters. The summed E-state index contributed by atoms with van der Waals surface area (Å²) < 4.78 is 13.6. The lowest BCUT2D eigenvalue weighted by Crippen LogP contribution is -2.37. The van der Waals surface area contributed by atoms with Gasteiger partial charge in [-0.1, -0.05) is 11.6 Å². The van der Waals surface area contributed by atoms with Crippen molar-refractivity contribution in [1.29, 1.82) is 0 Å². The van der Waals surface area contributed by atoms with Crippen LogP contribution in [0.5, 0.6) is 0 Å². The van der Waals surface area contributed by atoms with Crippen molar-refractivity contribution in [3.05, 3.63) is 71.4 Å². The molecule has 1 N–H and O–H groups in total. The summed E-state index contributed by atoms with van der Waals surface area (Å²) in [4.78, 5) is 31.4. The number of aromatic nitrogens is 1. The minimum atomic E-state index is -0.450. The standard InChI is InChI=1S/C23H24FN3O2/c1-16-12-18(7-10-25-16)21(28)26-15-17-4-3-8-23(14-17)9-11-27(22(23)29)20-6-2-5-19(24)13-20/h2,5-7,10,12-13,15H,3-4,8-9,11,14H2,1H3,(H,26,28)/b17-15+. The van der Waals surface area contributed by atoms with Crippen LogP contribution in [0.3, 0.4) is 0 Å². The zero-order valence-corrected chi connectivity index (χ0v) is 16.5. The molecule has 2 amide bonds. The Kier molecular flexibility index (Phi) is 5.18. The molecule has 1 aliphatic heterocycles. The molecule has 1 saturated heterocycles. The number of carbonyl (C=O) groups is 2. The van der Waals surface area contributed by atoms with E-state index < -0.39 is 5.41 Å². The topological polar surface area (TPSA) is 62.3 Å². The number of amides is 2. The molecule has 2 aromatic rings. The molecule has 2 heterocycles. The van der Waals surface area contributed by atoms with E-state index in [0.29, 0.717) is 24.2 Å². The molecule has 1 aliphatic carbocycles. The second kappa shape index (κ2) is 7.78. The van der Waals surface area contributed by atoms with Crippen LogP contribution in [-0.4, -0.2) is 23.3 Å². The minimum absolute atomic E-state index is 0.0600. The summed E-state index contributed by atoms with van der Waals surface area (Å²) in [5.41, 5.74) is 2.59. The van der Waals surface area contributed by atoms with E-state index in [-0.39, 0.29) is 17.6 Å². The highest BCUT2D eigenvalue weighted by Crippen LogP contribution is 2.47. The molecule has 1 unspecified atom stereocenters. The summed E-state index contributed by atoms with van der Waals surface area (Å²) in [6, 6.07) is 9.62. The smallest absolute Gasteiger partial charge is 0.255 e.